The first-order valence-electron chi connectivity index (χ1n) is 20.0. The summed E-state index contributed by atoms with van der Waals surface area (Å²) in [4.78, 5) is 24.3. The summed E-state index contributed by atoms with van der Waals surface area (Å²) in [6.45, 7) is 17.6. The number of H-pyrrole nitrogens is 1. The minimum absolute atomic E-state index is 0.0830. The van der Waals surface area contributed by atoms with Gasteiger partial charge in [-0.3, -0.25) is 9.36 Å². The molecule has 2 aromatic carbocycles. The molecular formula is C46H52N6O4Si. The van der Waals surface area contributed by atoms with E-state index in [0.717, 1.165) is 86.8 Å². The van der Waals surface area contributed by atoms with Gasteiger partial charge < -0.3 is 28.0 Å². The van der Waals surface area contributed by atoms with Crippen LogP contribution in [0.3, 0.4) is 0 Å². The minimum atomic E-state index is -1.16. The zero-order chi connectivity index (χ0) is 39.9. The molecule has 0 radical (unpaired) electrons. The molecule has 1 N–H and O–H groups in total. The zero-order valence-corrected chi connectivity index (χ0v) is 35.1. The quantitative estimate of drug-likeness (QED) is 0.0797. The fraction of sp³-hybridized carbons (Fsp3) is 0.326. The van der Waals surface area contributed by atoms with Crippen molar-refractivity contribution in [2.75, 3.05) is 19.8 Å². The van der Waals surface area contributed by atoms with Crippen LogP contribution in [0.2, 0.25) is 25.7 Å². The standard InChI is InChI=1S/C27H35N3O3Si.C19H17N3O/c1-6-23-24(20-9-11-21(12-10-20)27(2)32-14-15-33-27)30(19-31-16-17-34(3,4)5)26-25(23)29-13-7-8-22(29)18-28-26;1-3-16-17(14-8-6-13(7-9-14)12(2)23)21-19-18(16)22-10-4-5-15(22)11-20-19/h7-13,18H,6,14-17,19H2,1-5H3;4-11,21H,3H2,1-2H3. The Morgan fingerprint density at radius 3 is 2.05 bits per heavy atom. The Morgan fingerprint density at radius 2 is 1.44 bits per heavy atom. The highest BCUT2D eigenvalue weighted by atomic mass is 28.3. The maximum Gasteiger partial charge on any atom is 0.192 e. The third kappa shape index (κ3) is 7.36. The Balaban J connectivity index is 0.000000172. The van der Waals surface area contributed by atoms with Crippen molar-refractivity contribution < 1.29 is 19.0 Å². The molecule has 0 bridgehead atoms. The van der Waals surface area contributed by atoms with Crippen molar-refractivity contribution in [2.45, 2.75) is 78.7 Å². The Hall–Kier alpha value is -5.33. The topological polar surface area (TPSA) is 100 Å². The maximum atomic E-state index is 11.5. The van der Waals surface area contributed by atoms with Crippen LogP contribution in [-0.2, 0) is 39.6 Å². The van der Waals surface area contributed by atoms with Crippen molar-refractivity contribution in [2.24, 2.45) is 0 Å². The van der Waals surface area contributed by atoms with Crippen LogP contribution in [0.25, 0.3) is 55.9 Å². The van der Waals surface area contributed by atoms with Gasteiger partial charge in [-0.05, 0) is 68.1 Å². The van der Waals surface area contributed by atoms with Crippen LogP contribution in [0.15, 0.2) is 97.6 Å². The van der Waals surface area contributed by atoms with E-state index in [1.165, 1.54) is 16.8 Å². The normalized spacial score (nSPS) is 14.2. The highest BCUT2D eigenvalue weighted by molar-refractivity contribution is 6.76. The van der Waals surface area contributed by atoms with Gasteiger partial charge in [-0.25, -0.2) is 9.97 Å². The third-order valence-electron chi connectivity index (χ3n) is 11.1. The molecule has 1 aliphatic heterocycles. The van der Waals surface area contributed by atoms with Gasteiger partial charge in [-0.15, -0.1) is 0 Å². The Labute approximate surface area is 334 Å². The van der Waals surface area contributed by atoms with E-state index in [9.17, 15) is 4.79 Å². The van der Waals surface area contributed by atoms with E-state index in [4.69, 9.17) is 19.2 Å². The maximum absolute atomic E-state index is 11.5. The van der Waals surface area contributed by atoms with Gasteiger partial charge in [0.15, 0.2) is 22.9 Å². The lowest BCUT2D eigenvalue weighted by Crippen LogP contribution is -2.22. The predicted octanol–water partition coefficient (Wildman–Crippen LogP) is 10.3. The van der Waals surface area contributed by atoms with E-state index in [1.54, 1.807) is 6.92 Å². The van der Waals surface area contributed by atoms with Gasteiger partial charge in [0.05, 0.1) is 59.1 Å². The van der Waals surface area contributed by atoms with Crippen LogP contribution in [0.4, 0.5) is 0 Å². The molecule has 0 spiro atoms. The molecule has 0 atom stereocenters. The molecule has 0 unspecified atom stereocenters. The number of carbonyl (C=O) groups is 1. The molecule has 11 heteroatoms. The average molecular weight is 781 g/mol. The number of hydrogen-bond acceptors (Lipinski definition) is 6. The number of aromatic nitrogens is 6. The summed E-state index contributed by atoms with van der Waals surface area (Å²) in [6.07, 6.45) is 9.82. The average Bonchev–Trinajstić information content (AvgIpc) is 4.05. The number of hydrogen-bond donors (Lipinski definition) is 1. The largest absolute Gasteiger partial charge is 0.361 e. The number of nitrogens with one attached hydrogen (secondary N) is 1. The first kappa shape index (κ1) is 38.5. The van der Waals surface area contributed by atoms with Crippen molar-refractivity contribution in [1.29, 1.82) is 0 Å². The van der Waals surface area contributed by atoms with Gasteiger partial charge in [0.1, 0.15) is 6.73 Å². The van der Waals surface area contributed by atoms with Gasteiger partial charge in [-0.1, -0.05) is 82.0 Å². The summed E-state index contributed by atoms with van der Waals surface area (Å²) in [7, 11) is -1.16. The number of benzene rings is 2. The van der Waals surface area contributed by atoms with Crippen LogP contribution >= 0.6 is 0 Å². The van der Waals surface area contributed by atoms with E-state index >= 15 is 0 Å². The molecule has 0 saturated carbocycles. The van der Waals surface area contributed by atoms with E-state index in [0.29, 0.717) is 19.9 Å². The predicted molar refractivity (Wildman–Crippen MR) is 231 cm³/mol. The van der Waals surface area contributed by atoms with E-state index in [-0.39, 0.29) is 5.78 Å². The fourth-order valence-corrected chi connectivity index (χ4v) is 8.71. The van der Waals surface area contributed by atoms with Crippen molar-refractivity contribution in [3.05, 3.63) is 120 Å². The van der Waals surface area contributed by atoms with Crippen molar-refractivity contribution >= 4 is 47.2 Å². The number of ether oxygens (including phenoxy) is 3. The first-order chi connectivity index (χ1) is 27.5. The number of rotatable bonds is 11. The van der Waals surface area contributed by atoms with E-state index in [1.807, 2.05) is 49.6 Å². The van der Waals surface area contributed by atoms with Crippen LogP contribution in [0.5, 0.6) is 0 Å². The molecule has 10 nitrogen and oxygen atoms in total. The molecule has 0 aliphatic carbocycles. The molecule has 57 heavy (non-hydrogen) atoms. The number of aryl methyl sites for hydroxylation is 2. The summed E-state index contributed by atoms with van der Waals surface area (Å²) < 4.78 is 24.6. The van der Waals surface area contributed by atoms with Crippen LogP contribution in [-0.4, -0.2) is 62.0 Å². The second-order valence-corrected chi connectivity index (χ2v) is 21.8. The van der Waals surface area contributed by atoms with Gasteiger partial charge in [0.2, 0.25) is 0 Å². The summed E-state index contributed by atoms with van der Waals surface area (Å²) >= 11 is 0. The monoisotopic (exact) mass is 780 g/mol. The number of carbonyl (C=O) groups excluding carboxylic acids is 1. The first-order valence-corrected chi connectivity index (χ1v) is 23.7. The van der Waals surface area contributed by atoms with Gasteiger partial charge in [0.25, 0.3) is 0 Å². The SMILES string of the molecule is CCc1c(-c2ccc(C(C)=O)cc2)[nH]c2ncc3cccn3c12.CCc1c(-c2ccc(C3(C)OCCO3)cc2)n(COCC[Si](C)(C)C)c2ncc3cccn3c12. The molecule has 1 saturated heterocycles. The second kappa shape index (κ2) is 15.5. The van der Waals surface area contributed by atoms with Crippen molar-refractivity contribution in [1.82, 2.24) is 28.3 Å². The molecule has 294 valence electrons. The number of Topliss-reactive ketones (excluding diaryl/α,β-unsaturated/α-hetero) is 1. The minimum Gasteiger partial charge on any atom is -0.361 e. The third-order valence-corrected chi connectivity index (χ3v) is 12.8. The van der Waals surface area contributed by atoms with E-state index in [2.05, 4.69) is 112 Å². The lowest BCUT2D eigenvalue weighted by molar-refractivity contribution is -0.149. The molecule has 9 rings (SSSR count). The Morgan fingerprint density at radius 1 is 0.825 bits per heavy atom. The lowest BCUT2D eigenvalue weighted by Gasteiger charge is -2.23. The molecule has 7 heterocycles. The summed E-state index contributed by atoms with van der Waals surface area (Å²) in [6, 6.07) is 25.7. The molecule has 1 fully saturated rings. The summed E-state index contributed by atoms with van der Waals surface area (Å²) in [5.41, 5.74) is 15.1. The van der Waals surface area contributed by atoms with Gasteiger partial charge >= 0.3 is 0 Å². The highest BCUT2D eigenvalue weighted by Crippen LogP contribution is 2.37. The number of fused-ring (bicyclic) bond motifs is 6. The highest BCUT2D eigenvalue weighted by Gasteiger charge is 2.33. The van der Waals surface area contributed by atoms with Crippen LogP contribution < -0.4 is 0 Å². The van der Waals surface area contributed by atoms with Crippen LogP contribution in [0.1, 0.15) is 54.7 Å². The summed E-state index contributed by atoms with van der Waals surface area (Å²) in [5, 5.41) is 0. The molecule has 1 aliphatic rings. The second-order valence-electron chi connectivity index (χ2n) is 16.1. The van der Waals surface area contributed by atoms with Crippen molar-refractivity contribution in [3.8, 4) is 22.5 Å². The Kier molecular flexibility index (Phi) is 10.5. The van der Waals surface area contributed by atoms with E-state index < -0.39 is 13.9 Å². The number of ketones is 1. The smallest absolute Gasteiger partial charge is 0.192 e. The number of aromatic amines is 1. The molecule has 8 aromatic rings. The van der Waals surface area contributed by atoms with Gasteiger partial charge in [-0.2, -0.15) is 0 Å². The Bertz CT molecular complexity index is 2690. The van der Waals surface area contributed by atoms with Crippen LogP contribution in [0, 0.1) is 0 Å². The molecule has 6 aromatic heterocycles. The zero-order valence-electron chi connectivity index (χ0n) is 34.1. The lowest BCUT2D eigenvalue weighted by atomic mass is 10.0. The number of nitrogens with zero attached hydrogens (tertiary/aromatic N) is 5. The summed E-state index contributed by atoms with van der Waals surface area (Å²) in [5.74, 6) is -0.586. The van der Waals surface area contributed by atoms with Crippen molar-refractivity contribution in [3.63, 3.8) is 0 Å². The molecule has 0 amide bonds. The van der Waals surface area contributed by atoms with Gasteiger partial charge in [0, 0.05) is 49.3 Å². The fourth-order valence-electron chi connectivity index (χ4n) is 7.96. The molecular weight excluding hydrogens is 729 g/mol.